The number of aromatic amines is 1. The number of imidazole rings is 1. The van der Waals surface area contributed by atoms with Gasteiger partial charge in [0.2, 0.25) is 0 Å². The average Bonchev–Trinajstić information content (AvgIpc) is 3.31. The summed E-state index contributed by atoms with van der Waals surface area (Å²) in [4.78, 5) is 31.1. The number of nitrogens with zero attached hydrogens (tertiary/aromatic N) is 1. The number of carbonyl (C=O) groups excluding carboxylic acids is 1. The van der Waals surface area contributed by atoms with Gasteiger partial charge >= 0.3 is 5.97 Å². The van der Waals surface area contributed by atoms with Crippen molar-refractivity contribution >= 4 is 33.7 Å². The van der Waals surface area contributed by atoms with E-state index in [1.807, 2.05) is 30.3 Å². The molecular formula is C27H21N3O4. The second-order valence-electron chi connectivity index (χ2n) is 8.16. The molecule has 0 unspecified atom stereocenters. The number of rotatable bonds is 6. The number of amides is 1. The molecule has 1 aromatic heterocycles. The third-order valence-corrected chi connectivity index (χ3v) is 5.83. The Labute approximate surface area is 194 Å². The molecule has 0 aliphatic rings. The summed E-state index contributed by atoms with van der Waals surface area (Å²) in [5.74, 6) is -1.02. The van der Waals surface area contributed by atoms with Gasteiger partial charge < -0.3 is 20.5 Å². The summed E-state index contributed by atoms with van der Waals surface area (Å²) in [5, 5.41) is 24.1. The highest BCUT2D eigenvalue weighted by Gasteiger charge is 2.11. The fraction of sp³-hybridized carbons (Fsp3) is 0.0741. The molecule has 0 spiro atoms. The molecule has 4 N–H and O–H groups in total. The second-order valence-corrected chi connectivity index (χ2v) is 8.16. The molecular weight excluding hydrogens is 430 g/mol. The number of carbonyl (C=O) groups is 2. The van der Waals surface area contributed by atoms with E-state index in [0.29, 0.717) is 24.1 Å². The zero-order valence-electron chi connectivity index (χ0n) is 18.1. The predicted molar refractivity (Wildman–Crippen MR) is 129 cm³/mol. The lowest BCUT2D eigenvalue weighted by molar-refractivity contribution is 0.0696. The van der Waals surface area contributed by atoms with Crippen LogP contribution in [0.5, 0.6) is 5.75 Å². The van der Waals surface area contributed by atoms with Crippen LogP contribution in [0.2, 0.25) is 0 Å². The van der Waals surface area contributed by atoms with E-state index >= 15 is 0 Å². The van der Waals surface area contributed by atoms with Crippen molar-refractivity contribution in [3.63, 3.8) is 0 Å². The fourth-order valence-electron chi connectivity index (χ4n) is 3.97. The molecule has 0 radical (unpaired) electrons. The highest BCUT2D eigenvalue weighted by atomic mass is 16.4. The van der Waals surface area contributed by atoms with Crippen molar-refractivity contribution in [2.45, 2.75) is 13.0 Å². The second kappa shape index (κ2) is 8.71. The van der Waals surface area contributed by atoms with Crippen molar-refractivity contribution in [1.82, 2.24) is 15.3 Å². The Kier molecular flexibility index (Phi) is 5.43. The largest absolute Gasteiger partial charge is 0.508 e. The molecule has 1 heterocycles. The van der Waals surface area contributed by atoms with E-state index in [2.05, 4.69) is 15.3 Å². The summed E-state index contributed by atoms with van der Waals surface area (Å²) in [6.45, 7) is 0.382. The molecule has 34 heavy (non-hydrogen) atoms. The van der Waals surface area contributed by atoms with Crippen LogP contribution in [-0.2, 0) is 13.0 Å². The molecule has 7 nitrogen and oxygen atoms in total. The van der Waals surface area contributed by atoms with E-state index < -0.39 is 5.97 Å². The molecule has 0 atom stereocenters. The summed E-state index contributed by atoms with van der Waals surface area (Å²) in [7, 11) is 0. The van der Waals surface area contributed by atoms with Gasteiger partial charge in [-0.2, -0.15) is 0 Å². The molecule has 168 valence electrons. The van der Waals surface area contributed by atoms with Crippen LogP contribution in [0.3, 0.4) is 0 Å². The molecule has 5 aromatic rings. The van der Waals surface area contributed by atoms with E-state index in [1.165, 1.54) is 0 Å². The van der Waals surface area contributed by atoms with Crippen molar-refractivity contribution in [3.8, 4) is 5.75 Å². The van der Waals surface area contributed by atoms with Gasteiger partial charge in [0.25, 0.3) is 5.91 Å². The average molecular weight is 451 g/mol. The number of phenols is 1. The summed E-state index contributed by atoms with van der Waals surface area (Å²) in [6, 6.07) is 21.3. The molecule has 0 aliphatic carbocycles. The number of H-pyrrole nitrogens is 1. The first-order chi connectivity index (χ1) is 16.5. The number of benzene rings is 4. The fourth-order valence-corrected chi connectivity index (χ4v) is 3.97. The van der Waals surface area contributed by atoms with Crippen molar-refractivity contribution < 1.29 is 19.8 Å². The van der Waals surface area contributed by atoms with Crippen LogP contribution in [0, 0.1) is 0 Å². The van der Waals surface area contributed by atoms with Gasteiger partial charge in [-0.3, -0.25) is 4.79 Å². The van der Waals surface area contributed by atoms with E-state index in [4.69, 9.17) is 5.11 Å². The standard InChI is InChI=1S/C27H21N3O4/c31-25-13-19-6-7-20(26(32)28-14-17-3-8-23-24(10-17)30-15-29-23)11-21(19)12-22(25)9-16-1-4-18(5-2-16)27(33)34/h1-8,10-13,15,31H,9,14H2,(H,28,32)(H,29,30)(H,33,34). The van der Waals surface area contributed by atoms with Gasteiger partial charge in [-0.15, -0.1) is 0 Å². The third-order valence-electron chi connectivity index (χ3n) is 5.83. The Morgan fingerprint density at radius 2 is 1.62 bits per heavy atom. The minimum Gasteiger partial charge on any atom is -0.508 e. The van der Waals surface area contributed by atoms with E-state index in [-0.39, 0.29) is 17.2 Å². The van der Waals surface area contributed by atoms with Gasteiger partial charge in [-0.25, -0.2) is 9.78 Å². The zero-order valence-corrected chi connectivity index (χ0v) is 18.1. The van der Waals surface area contributed by atoms with Gasteiger partial charge in [-0.05, 0) is 76.0 Å². The van der Waals surface area contributed by atoms with Gasteiger partial charge in [0.15, 0.2) is 0 Å². The van der Waals surface area contributed by atoms with Crippen LogP contribution in [0.25, 0.3) is 21.8 Å². The number of carboxylic acid groups (broad SMARTS) is 1. The minimum absolute atomic E-state index is 0.153. The Hall–Kier alpha value is -4.65. The van der Waals surface area contributed by atoms with E-state index in [1.54, 1.807) is 48.8 Å². The summed E-state index contributed by atoms with van der Waals surface area (Å²) >= 11 is 0. The van der Waals surface area contributed by atoms with Crippen LogP contribution >= 0.6 is 0 Å². The molecule has 0 aliphatic heterocycles. The van der Waals surface area contributed by atoms with Crippen molar-refractivity contribution in [2.24, 2.45) is 0 Å². The normalized spacial score (nSPS) is 11.1. The first-order valence-corrected chi connectivity index (χ1v) is 10.7. The third kappa shape index (κ3) is 4.31. The maximum atomic E-state index is 12.8. The molecule has 7 heteroatoms. The predicted octanol–water partition coefficient (Wildman–Crippen LogP) is 4.64. The van der Waals surface area contributed by atoms with Gasteiger partial charge in [0, 0.05) is 18.5 Å². The SMILES string of the molecule is O=C(O)c1ccc(Cc2cc3cc(C(=O)NCc4ccc5[nH]cnc5c4)ccc3cc2O)cc1. The molecule has 1 amide bonds. The van der Waals surface area contributed by atoms with Crippen LogP contribution in [0.15, 0.2) is 79.1 Å². The van der Waals surface area contributed by atoms with E-state index in [9.17, 15) is 14.7 Å². The van der Waals surface area contributed by atoms with Gasteiger partial charge in [0.05, 0.1) is 22.9 Å². The smallest absolute Gasteiger partial charge is 0.335 e. The monoisotopic (exact) mass is 451 g/mol. The van der Waals surface area contributed by atoms with Crippen LogP contribution < -0.4 is 5.32 Å². The highest BCUT2D eigenvalue weighted by Crippen LogP contribution is 2.28. The lowest BCUT2D eigenvalue weighted by atomic mass is 9.98. The molecule has 0 fully saturated rings. The highest BCUT2D eigenvalue weighted by molar-refractivity contribution is 5.99. The number of carboxylic acids is 1. The number of hydrogen-bond donors (Lipinski definition) is 4. The van der Waals surface area contributed by atoms with Crippen LogP contribution in [0.4, 0.5) is 0 Å². The quantitative estimate of drug-likeness (QED) is 0.300. The van der Waals surface area contributed by atoms with Crippen molar-refractivity contribution in [3.05, 3.63) is 107 Å². The Balaban J connectivity index is 1.34. The number of aromatic hydroxyl groups is 1. The summed E-state index contributed by atoms with van der Waals surface area (Å²) < 4.78 is 0. The van der Waals surface area contributed by atoms with Crippen LogP contribution in [0.1, 0.15) is 37.4 Å². The van der Waals surface area contributed by atoms with Gasteiger partial charge in [0.1, 0.15) is 5.75 Å². The van der Waals surface area contributed by atoms with Gasteiger partial charge in [-0.1, -0.05) is 24.3 Å². The minimum atomic E-state index is -0.979. The Morgan fingerprint density at radius 1 is 0.853 bits per heavy atom. The number of phenolic OH excluding ortho intramolecular Hbond substituents is 1. The molecule has 0 saturated carbocycles. The molecule has 4 aromatic carbocycles. The molecule has 5 rings (SSSR count). The van der Waals surface area contributed by atoms with E-state index in [0.717, 1.165) is 32.9 Å². The first kappa shape index (κ1) is 21.2. The lowest BCUT2D eigenvalue weighted by Gasteiger charge is -2.10. The maximum Gasteiger partial charge on any atom is 0.335 e. The number of nitrogens with one attached hydrogen (secondary N) is 2. The Morgan fingerprint density at radius 3 is 2.41 bits per heavy atom. The topological polar surface area (TPSA) is 115 Å². The molecule has 0 saturated heterocycles. The first-order valence-electron chi connectivity index (χ1n) is 10.7. The molecule has 0 bridgehead atoms. The maximum absolute atomic E-state index is 12.8. The number of aromatic carboxylic acids is 1. The number of fused-ring (bicyclic) bond motifs is 2. The summed E-state index contributed by atoms with van der Waals surface area (Å²) in [5.41, 5.74) is 5.06. The number of hydrogen-bond acceptors (Lipinski definition) is 4. The lowest BCUT2D eigenvalue weighted by Crippen LogP contribution is -2.22. The van der Waals surface area contributed by atoms with Crippen LogP contribution in [-0.4, -0.2) is 32.1 Å². The Bertz CT molecular complexity index is 1540. The zero-order chi connectivity index (χ0) is 23.7. The number of aromatic nitrogens is 2. The van der Waals surface area contributed by atoms with Crippen molar-refractivity contribution in [2.75, 3.05) is 0 Å². The summed E-state index contributed by atoms with van der Waals surface area (Å²) in [6.07, 6.45) is 2.08. The van der Waals surface area contributed by atoms with Crippen molar-refractivity contribution in [1.29, 1.82) is 0 Å².